The maximum atomic E-state index is 14.6. The zero-order valence-corrected chi connectivity index (χ0v) is 21.9. The Morgan fingerprint density at radius 3 is 1.86 bits per heavy atom. The third kappa shape index (κ3) is 6.38. The van der Waals surface area contributed by atoms with Gasteiger partial charge in [0.15, 0.2) is 0 Å². The summed E-state index contributed by atoms with van der Waals surface area (Å²) < 4.78 is 0. The Bertz CT molecular complexity index is 1010. The SMILES string of the molecule is CCN(C)C1(C(=O)N(Cc2ccccc2)C(CCc2ccncc2)CCc2ccncc2)CCCC1. The number of benzene rings is 1. The zero-order chi connectivity index (χ0) is 25.2. The molecule has 0 bridgehead atoms. The fraction of sp³-hybridized carbons (Fsp3) is 0.452. The van der Waals surface area contributed by atoms with E-state index >= 15 is 0 Å². The summed E-state index contributed by atoms with van der Waals surface area (Å²) in [6.45, 7) is 3.69. The van der Waals surface area contributed by atoms with Crippen LogP contribution >= 0.6 is 0 Å². The molecule has 2 heterocycles. The number of carbonyl (C=O) groups is 1. The third-order valence-electron chi connectivity index (χ3n) is 7.96. The quantitative estimate of drug-likeness (QED) is 0.331. The van der Waals surface area contributed by atoms with Crippen molar-refractivity contribution in [2.24, 2.45) is 0 Å². The van der Waals surface area contributed by atoms with Crippen LogP contribution in [0.5, 0.6) is 0 Å². The van der Waals surface area contributed by atoms with Gasteiger partial charge in [0.2, 0.25) is 5.91 Å². The average molecular weight is 485 g/mol. The van der Waals surface area contributed by atoms with Crippen LogP contribution in [0.3, 0.4) is 0 Å². The fourth-order valence-corrected chi connectivity index (χ4v) is 5.66. The van der Waals surface area contributed by atoms with Gasteiger partial charge in [-0.15, -0.1) is 0 Å². The molecule has 190 valence electrons. The van der Waals surface area contributed by atoms with Crippen LogP contribution in [0.25, 0.3) is 0 Å². The van der Waals surface area contributed by atoms with Gasteiger partial charge in [-0.2, -0.15) is 0 Å². The smallest absolute Gasteiger partial charge is 0.243 e. The van der Waals surface area contributed by atoms with Gasteiger partial charge >= 0.3 is 0 Å². The van der Waals surface area contributed by atoms with Crippen LogP contribution in [-0.4, -0.2) is 50.8 Å². The van der Waals surface area contributed by atoms with Crippen LogP contribution in [-0.2, 0) is 24.2 Å². The molecule has 5 heteroatoms. The molecule has 5 nitrogen and oxygen atoms in total. The Labute approximate surface area is 216 Å². The largest absolute Gasteiger partial charge is 0.334 e. The first-order valence-electron chi connectivity index (χ1n) is 13.5. The number of aromatic nitrogens is 2. The Morgan fingerprint density at radius 2 is 1.36 bits per heavy atom. The summed E-state index contributed by atoms with van der Waals surface area (Å²) in [5.74, 6) is 0.308. The van der Waals surface area contributed by atoms with E-state index in [4.69, 9.17) is 0 Å². The van der Waals surface area contributed by atoms with E-state index < -0.39 is 5.54 Å². The van der Waals surface area contributed by atoms with Crippen LogP contribution in [0.4, 0.5) is 0 Å². The maximum absolute atomic E-state index is 14.6. The van der Waals surface area contributed by atoms with E-state index in [1.807, 2.05) is 30.9 Å². The lowest BCUT2D eigenvalue weighted by atomic mass is 9.90. The summed E-state index contributed by atoms with van der Waals surface area (Å²) in [6, 6.07) is 19.0. The van der Waals surface area contributed by atoms with Crippen LogP contribution in [0, 0.1) is 0 Å². The number of nitrogens with zero attached hydrogens (tertiary/aromatic N) is 4. The summed E-state index contributed by atoms with van der Waals surface area (Å²) in [5, 5.41) is 0. The number of hydrogen-bond acceptors (Lipinski definition) is 4. The van der Waals surface area contributed by atoms with Gasteiger partial charge in [-0.3, -0.25) is 19.7 Å². The number of amides is 1. The molecule has 0 radical (unpaired) electrons. The van der Waals surface area contributed by atoms with Crippen molar-refractivity contribution >= 4 is 5.91 Å². The zero-order valence-electron chi connectivity index (χ0n) is 21.9. The molecule has 1 fully saturated rings. The third-order valence-corrected chi connectivity index (χ3v) is 7.96. The number of rotatable bonds is 12. The minimum Gasteiger partial charge on any atom is -0.334 e. The van der Waals surface area contributed by atoms with Gasteiger partial charge in [0, 0.05) is 37.4 Å². The summed E-state index contributed by atoms with van der Waals surface area (Å²) in [7, 11) is 2.13. The first kappa shape index (κ1) is 26.0. The highest BCUT2D eigenvalue weighted by molar-refractivity contribution is 5.87. The molecule has 4 rings (SSSR count). The Morgan fingerprint density at radius 1 is 0.833 bits per heavy atom. The molecule has 1 aromatic carbocycles. The molecule has 0 aliphatic heterocycles. The van der Waals surface area contributed by atoms with Gasteiger partial charge in [0.1, 0.15) is 5.54 Å². The van der Waals surface area contributed by atoms with E-state index in [1.165, 1.54) is 16.7 Å². The van der Waals surface area contributed by atoms with Crippen molar-refractivity contribution in [2.75, 3.05) is 13.6 Å². The van der Waals surface area contributed by atoms with Gasteiger partial charge in [0.05, 0.1) is 0 Å². The van der Waals surface area contributed by atoms with Gasteiger partial charge < -0.3 is 4.90 Å². The molecule has 1 saturated carbocycles. The molecule has 36 heavy (non-hydrogen) atoms. The second-order valence-electron chi connectivity index (χ2n) is 10.1. The van der Waals surface area contributed by atoms with Crippen molar-refractivity contribution in [1.29, 1.82) is 0 Å². The molecule has 1 aliphatic carbocycles. The fourth-order valence-electron chi connectivity index (χ4n) is 5.66. The molecule has 1 aliphatic rings. The van der Waals surface area contributed by atoms with E-state index in [-0.39, 0.29) is 6.04 Å². The van der Waals surface area contributed by atoms with E-state index in [9.17, 15) is 4.79 Å². The number of pyridine rings is 2. The van der Waals surface area contributed by atoms with Crippen LogP contribution in [0.1, 0.15) is 62.1 Å². The van der Waals surface area contributed by atoms with Gasteiger partial charge in [-0.25, -0.2) is 0 Å². The van der Waals surface area contributed by atoms with Gasteiger partial charge in [0.25, 0.3) is 0 Å². The minimum absolute atomic E-state index is 0.141. The standard InChI is InChI=1S/C31H40N4O/c1-3-34(2)31(19-7-8-20-31)30(36)35(25-28-9-5-4-6-10-28)29(13-11-26-15-21-32-22-16-26)14-12-27-17-23-33-24-18-27/h4-6,9-10,15-18,21-24,29H,3,7-8,11-14,19-20,25H2,1-2H3. The second kappa shape index (κ2) is 12.8. The number of carbonyl (C=O) groups excluding carboxylic acids is 1. The van der Waals surface area contributed by atoms with Crippen molar-refractivity contribution in [3.63, 3.8) is 0 Å². The summed E-state index contributed by atoms with van der Waals surface area (Å²) in [4.78, 5) is 27.5. The lowest BCUT2D eigenvalue weighted by molar-refractivity contribution is -0.147. The van der Waals surface area contributed by atoms with Crippen molar-refractivity contribution < 1.29 is 4.79 Å². The number of aryl methyl sites for hydroxylation is 2. The van der Waals surface area contributed by atoms with Crippen LogP contribution in [0.15, 0.2) is 79.4 Å². The molecule has 0 atom stereocenters. The van der Waals surface area contributed by atoms with Crippen molar-refractivity contribution in [3.05, 3.63) is 96.1 Å². The highest BCUT2D eigenvalue weighted by Crippen LogP contribution is 2.37. The molecular weight excluding hydrogens is 444 g/mol. The summed E-state index contributed by atoms with van der Waals surface area (Å²) >= 11 is 0. The topological polar surface area (TPSA) is 49.3 Å². The highest BCUT2D eigenvalue weighted by Gasteiger charge is 2.47. The summed E-state index contributed by atoms with van der Waals surface area (Å²) in [6.07, 6.45) is 15.3. The first-order valence-corrected chi connectivity index (χ1v) is 13.5. The van der Waals surface area contributed by atoms with Crippen molar-refractivity contribution in [1.82, 2.24) is 19.8 Å². The van der Waals surface area contributed by atoms with Crippen LogP contribution < -0.4 is 0 Å². The molecule has 0 spiro atoms. The minimum atomic E-state index is -0.394. The maximum Gasteiger partial charge on any atom is 0.243 e. The van der Waals surface area contributed by atoms with E-state index in [0.29, 0.717) is 12.5 Å². The summed E-state index contributed by atoms with van der Waals surface area (Å²) in [5.41, 5.74) is 3.34. The lowest BCUT2D eigenvalue weighted by Gasteiger charge is -2.43. The number of hydrogen-bond donors (Lipinski definition) is 0. The number of likely N-dealkylation sites (N-methyl/N-ethyl adjacent to an activating group) is 1. The molecule has 0 saturated heterocycles. The lowest BCUT2D eigenvalue weighted by Crippen LogP contribution is -2.58. The van der Waals surface area contributed by atoms with E-state index in [1.54, 1.807) is 0 Å². The second-order valence-corrected chi connectivity index (χ2v) is 10.1. The Kier molecular flexibility index (Phi) is 9.23. The average Bonchev–Trinajstić information content (AvgIpc) is 3.44. The van der Waals surface area contributed by atoms with E-state index in [2.05, 4.69) is 82.3 Å². The molecule has 1 amide bonds. The predicted octanol–water partition coefficient (Wildman–Crippen LogP) is 5.70. The van der Waals surface area contributed by atoms with E-state index in [0.717, 1.165) is 57.9 Å². The molecule has 0 unspecified atom stereocenters. The van der Waals surface area contributed by atoms with Crippen LogP contribution in [0.2, 0.25) is 0 Å². The van der Waals surface area contributed by atoms with Gasteiger partial charge in [-0.05, 0) is 93.1 Å². The molecular formula is C31H40N4O. The normalized spacial score (nSPS) is 14.9. The monoisotopic (exact) mass is 484 g/mol. The van der Waals surface area contributed by atoms with Crippen molar-refractivity contribution in [2.45, 2.75) is 76.4 Å². The Balaban J connectivity index is 1.66. The molecule has 3 aromatic rings. The van der Waals surface area contributed by atoms with Crippen molar-refractivity contribution in [3.8, 4) is 0 Å². The Hall–Kier alpha value is -3.05. The molecule has 0 N–H and O–H groups in total. The van der Waals surface area contributed by atoms with Gasteiger partial charge in [-0.1, -0.05) is 50.1 Å². The first-order chi connectivity index (χ1) is 17.6. The highest BCUT2D eigenvalue weighted by atomic mass is 16.2. The predicted molar refractivity (Wildman–Crippen MR) is 145 cm³/mol. The molecule has 2 aromatic heterocycles.